The van der Waals surface area contributed by atoms with Crippen molar-refractivity contribution in [2.75, 3.05) is 7.11 Å². The van der Waals surface area contributed by atoms with Crippen LogP contribution in [0.5, 0.6) is 5.75 Å². The Kier molecular flexibility index (Phi) is 6.71. The number of rotatable bonds is 8. The molecular weight excluding hydrogens is 412 g/mol. The van der Waals surface area contributed by atoms with E-state index in [2.05, 4.69) is 0 Å². The van der Waals surface area contributed by atoms with Crippen LogP contribution in [-0.2, 0) is 9.84 Å². The third-order valence-corrected chi connectivity index (χ3v) is 7.19. The number of benzene rings is 3. The van der Waals surface area contributed by atoms with Crippen LogP contribution in [0.25, 0.3) is 0 Å². The Morgan fingerprint density at radius 2 is 1.26 bits per heavy atom. The fourth-order valence-corrected chi connectivity index (χ4v) is 4.84. The van der Waals surface area contributed by atoms with E-state index in [4.69, 9.17) is 4.74 Å². The van der Waals surface area contributed by atoms with Crippen LogP contribution >= 0.6 is 0 Å². The molecule has 3 rings (SSSR count). The molecule has 0 radical (unpaired) electrons. The molecule has 0 spiro atoms. The van der Waals surface area contributed by atoms with E-state index >= 15 is 0 Å². The van der Waals surface area contributed by atoms with Gasteiger partial charge in [-0.15, -0.1) is 0 Å². The van der Waals surface area contributed by atoms with E-state index in [0.717, 1.165) is 11.1 Å². The first-order chi connectivity index (χ1) is 14.7. The maximum absolute atomic E-state index is 13.4. The number of ether oxygens (including phenoxy) is 1. The summed E-state index contributed by atoms with van der Waals surface area (Å²) in [6.45, 7) is 3.72. The van der Waals surface area contributed by atoms with Crippen molar-refractivity contribution in [1.29, 1.82) is 0 Å². The van der Waals surface area contributed by atoms with E-state index in [1.54, 1.807) is 60.7 Å². The Balaban J connectivity index is 2.00. The summed E-state index contributed by atoms with van der Waals surface area (Å²) in [7, 11) is -2.57. The molecule has 5 nitrogen and oxygen atoms in total. The smallest absolute Gasteiger partial charge is 0.189 e. The molecule has 0 unspecified atom stereocenters. The lowest BCUT2D eigenvalue weighted by Crippen LogP contribution is -2.33. The molecular formula is C25H24O5S. The van der Waals surface area contributed by atoms with Crippen molar-refractivity contribution < 1.29 is 22.7 Å². The van der Waals surface area contributed by atoms with Gasteiger partial charge in [0.25, 0.3) is 0 Å². The third-order valence-electron chi connectivity index (χ3n) is 5.14. The van der Waals surface area contributed by atoms with E-state index < -0.39 is 33.1 Å². The van der Waals surface area contributed by atoms with Gasteiger partial charge in [0.1, 0.15) is 11.0 Å². The predicted octanol–water partition coefficient (Wildman–Crippen LogP) is 4.61. The average Bonchev–Trinajstić information content (AvgIpc) is 2.77. The summed E-state index contributed by atoms with van der Waals surface area (Å²) < 4.78 is 31.9. The van der Waals surface area contributed by atoms with Crippen molar-refractivity contribution in [1.82, 2.24) is 0 Å². The van der Waals surface area contributed by atoms with Gasteiger partial charge in [-0.3, -0.25) is 9.59 Å². The fraction of sp³-hybridized carbons (Fsp3) is 0.200. The molecule has 1 atom stereocenters. The maximum Gasteiger partial charge on any atom is 0.189 e. The average molecular weight is 437 g/mol. The van der Waals surface area contributed by atoms with Crippen LogP contribution in [0.4, 0.5) is 0 Å². The first-order valence-electron chi connectivity index (χ1n) is 9.81. The highest BCUT2D eigenvalue weighted by atomic mass is 32.2. The third kappa shape index (κ3) is 5.09. The van der Waals surface area contributed by atoms with Crippen LogP contribution in [0.15, 0.2) is 77.7 Å². The second-order valence-electron chi connectivity index (χ2n) is 7.43. The Bertz CT molecular complexity index is 1180. The molecule has 0 aliphatic rings. The maximum atomic E-state index is 13.4. The largest absolute Gasteiger partial charge is 0.497 e. The minimum atomic E-state index is -4.09. The minimum Gasteiger partial charge on any atom is -0.497 e. The SMILES string of the molecule is COc1ccc(C(=O)C[C@@H](C(=O)c2ccc(C)cc2)S(=O)(=O)c2ccc(C)cc2)cc1. The standard InChI is InChI=1S/C25H24O5S/c1-17-4-8-20(9-5-17)25(27)24(31(28,29)22-14-6-18(2)7-15-22)16-23(26)19-10-12-21(30-3)13-11-19/h4-15,24H,16H2,1-3H3/t24-/m0/s1. The molecule has 0 aliphatic carbocycles. The number of hydrogen-bond acceptors (Lipinski definition) is 5. The van der Waals surface area contributed by atoms with Crippen molar-refractivity contribution in [2.45, 2.75) is 30.4 Å². The highest BCUT2D eigenvalue weighted by Gasteiger charge is 2.36. The fourth-order valence-electron chi connectivity index (χ4n) is 3.20. The van der Waals surface area contributed by atoms with Crippen LogP contribution in [-0.4, -0.2) is 32.3 Å². The van der Waals surface area contributed by atoms with Crippen LogP contribution in [0, 0.1) is 13.8 Å². The molecule has 3 aromatic rings. The zero-order valence-corrected chi connectivity index (χ0v) is 18.5. The van der Waals surface area contributed by atoms with Crippen LogP contribution < -0.4 is 4.74 Å². The number of aryl methyl sites for hydroxylation is 2. The molecule has 6 heteroatoms. The monoisotopic (exact) mass is 436 g/mol. The van der Waals surface area contributed by atoms with Crippen molar-refractivity contribution in [3.63, 3.8) is 0 Å². The lowest BCUT2D eigenvalue weighted by molar-refractivity contribution is 0.0920. The second kappa shape index (κ2) is 9.27. The van der Waals surface area contributed by atoms with Gasteiger partial charge in [0, 0.05) is 17.5 Å². The van der Waals surface area contributed by atoms with Crippen molar-refractivity contribution in [3.05, 3.63) is 95.1 Å². The van der Waals surface area contributed by atoms with Crippen LogP contribution in [0.2, 0.25) is 0 Å². The number of sulfone groups is 1. The molecule has 0 fully saturated rings. The van der Waals surface area contributed by atoms with Gasteiger partial charge in [0.2, 0.25) is 0 Å². The normalized spacial score (nSPS) is 12.2. The number of hydrogen-bond donors (Lipinski definition) is 0. The van der Waals surface area contributed by atoms with Gasteiger partial charge in [-0.25, -0.2) is 8.42 Å². The summed E-state index contributed by atoms with van der Waals surface area (Å²) in [6, 6.07) is 19.3. The summed E-state index contributed by atoms with van der Waals surface area (Å²) in [6.07, 6.45) is -0.449. The summed E-state index contributed by atoms with van der Waals surface area (Å²) >= 11 is 0. The van der Waals surface area contributed by atoms with Gasteiger partial charge < -0.3 is 4.74 Å². The molecule has 0 N–H and O–H groups in total. The van der Waals surface area contributed by atoms with Gasteiger partial charge in [-0.1, -0.05) is 47.5 Å². The topological polar surface area (TPSA) is 77.5 Å². The van der Waals surface area contributed by atoms with Crippen LogP contribution in [0.1, 0.15) is 38.3 Å². The van der Waals surface area contributed by atoms with Gasteiger partial charge in [-0.2, -0.15) is 0 Å². The Labute approximate surface area is 182 Å². The molecule has 160 valence electrons. The molecule has 0 saturated heterocycles. The first kappa shape index (κ1) is 22.4. The Morgan fingerprint density at radius 1 is 0.774 bits per heavy atom. The lowest BCUT2D eigenvalue weighted by Gasteiger charge is -2.17. The van der Waals surface area contributed by atoms with E-state index in [9.17, 15) is 18.0 Å². The zero-order chi connectivity index (χ0) is 22.6. The Hall–Kier alpha value is -3.25. The molecule has 31 heavy (non-hydrogen) atoms. The molecule has 3 aromatic carbocycles. The number of carbonyl (C=O) groups excluding carboxylic acids is 2. The van der Waals surface area contributed by atoms with E-state index in [1.165, 1.54) is 19.2 Å². The van der Waals surface area contributed by atoms with Gasteiger partial charge in [0.05, 0.1) is 12.0 Å². The number of ketones is 2. The van der Waals surface area contributed by atoms with Crippen LogP contribution in [0.3, 0.4) is 0 Å². The second-order valence-corrected chi connectivity index (χ2v) is 9.56. The number of methoxy groups -OCH3 is 1. The van der Waals surface area contributed by atoms with Gasteiger partial charge >= 0.3 is 0 Å². The molecule has 0 bridgehead atoms. The zero-order valence-electron chi connectivity index (χ0n) is 17.7. The predicted molar refractivity (Wildman–Crippen MR) is 120 cm³/mol. The highest BCUT2D eigenvalue weighted by molar-refractivity contribution is 7.92. The minimum absolute atomic E-state index is 0.0195. The highest BCUT2D eigenvalue weighted by Crippen LogP contribution is 2.25. The number of carbonyl (C=O) groups is 2. The number of Topliss-reactive ketones (excluding diaryl/α,β-unsaturated/α-hetero) is 2. The first-order valence-corrected chi connectivity index (χ1v) is 11.4. The summed E-state index contributed by atoms with van der Waals surface area (Å²) in [5, 5.41) is -1.52. The van der Waals surface area contributed by atoms with Crippen molar-refractivity contribution >= 4 is 21.4 Å². The quantitative estimate of drug-likeness (QED) is 0.482. The molecule has 0 aliphatic heterocycles. The van der Waals surface area contributed by atoms with Gasteiger partial charge in [0.15, 0.2) is 21.4 Å². The molecule has 0 aromatic heterocycles. The van der Waals surface area contributed by atoms with E-state index in [1.807, 2.05) is 13.8 Å². The summed E-state index contributed by atoms with van der Waals surface area (Å²) in [5.41, 5.74) is 2.42. The summed E-state index contributed by atoms with van der Waals surface area (Å²) in [5.74, 6) is -0.442. The van der Waals surface area contributed by atoms with Crippen molar-refractivity contribution in [3.8, 4) is 5.75 Å². The van der Waals surface area contributed by atoms with Crippen molar-refractivity contribution in [2.24, 2.45) is 0 Å². The van der Waals surface area contributed by atoms with E-state index in [0.29, 0.717) is 11.3 Å². The molecule has 0 heterocycles. The Morgan fingerprint density at radius 3 is 1.77 bits per heavy atom. The molecule has 0 amide bonds. The molecule has 0 saturated carbocycles. The lowest BCUT2D eigenvalue weighted by atomic mass is 10.0. The summed E-state index contributed by atoms with van der Waals surface area (Å²) in [4.78, 5) is 26.2. The van der Waals surface area contributed by atoms with Gasteiger partial charge in [-0.05, 0) is 50.2 Å². The van der Waals surface area contributed by atoms with E-state index in [-0.39, 0.29) is 10.5 Å².